The molecule has 0 saturated heterocycles. The molecule has 136 valence electrons. The van der Waals surface area contributed by atoms with Crippen LogP contribution in [0.5, 0.6) is 0 Å². The van der Waals surface area contributed by atoms with Gasteiger partial charge < -0.3 is 10.6 Å². The average molecular weight is 370 g/mol. The van der Waals surface area contributed by atoms with Gasteiger partial charge in [0, 0.05) is 11.3 Å². The lowest BCUT2D eigenvalue weighted by atomic mass is 10.1. The summed E-state index contributed by atoms with van der Waals surface area (Å²) in [6.07, 6.45) is 0. The summed E-state index contributed by atoms with van der Waals surface area (Å²) in [6.45, 7) is 5.17. The SMILES string of the molecule is CC(=O)c1ccccc1NC(=O)C(C)SCC(=O)Nc1ccc(C)cc1. The maximum Gasteiger partial charge on any atom is 0.237 e. The Bertz CT molecular complexity index is 803. The van der Waals surface area contributed by atoms with Crippen molar-refractivity contribution in [2.45, 2.75) is 26.0 Å². The number of anilines is 2. The molecule has 0 aliphatic carbocycles. The Morgan fingerprint density at radius 1 is 1.00 bits per heavy atom. The second kappa shape index (κ2) is 9.20. The molecule has 0 aromatic heterocycles. The topological polar surface area (TPSA) is 75.3 Å². The number of carbonyl (C=O) groups is 3. The molecule has 0 fully saturated rings. The number of hydrogen-bond donors (Lipinski definition) is 2. The second-order valence-electron chi connectivity index (χ2n) is 5.96. The van der Waals surface area contributed by atoms with Crippen LogP contribution in [0.3, 0.4) is 0 Å². The predicted molar refractivity (Wildman–Crippen MR) is 107 cm³/mol. The molecule has 0 saturated carbocycles. The van der Waals surface area contributed by atoms with Crippen LogP contribution >= 0.6 is 11.8 Å². The quantitative estimate of drug-likeness (QED) is 0.725. The first kappa shape index (κ1) is 19.7. The fraction of sp³-hybridized carbons (Fsp3) is 0.250. The lowest BCUT2D eigenvalue weighted by Gasteiger charge is -2.14. The number of Topliss-reactive ketones (excluding diaryl/α,β-unsaturated/α-hetero) is 1. The van der Waals surface area contributed by atoms with Gasteiger partial charge in [0.2, 0.25) is 11.8 Å². The van der Waals surface area contributed by atoms with Crippen molar-refractivity contribution < 1.29 is 14.4 Å². The molecule has 5 nitrogen and oxygen atoms in total. The van der Waals surface area contributed by atoms with Gasteiger partial charge in [-0.3, -0.25) is 14.4 Å². The van der Waals surface area contributed by atoms with E-state index in [4.69, 9.17) is 0 Å². The van der Waals surface area contributed by atoms with Crippen molar-refractivity contribution in [2.24, 2.45) is 0 Å². The number of para-hydroxylation sites is 1. The first-order valence-corrected chi connectivity index (χ1v) is 9.30. The van der Waals surface area contributed by atoms with Crippen molar-refractivity contribution in [3.05, 3.63) is 59.7 Å². The van der Waals surface area contributed by atoms with E-state index < -0.39 is 5.25 Å². The standard InChI is InChI=1S/C20H22N2O3S/c1-13-8-10-16(11-9-13)21-19(24)12-26-15(3)20(25)22-18-7-5-4-6-17(18)14(2)23/h4-11,15H,12H2,1-3H3,(H,21,24)(H,22,25). The van der Waals surface area contributed by atoms with E-state index >= 15 is 0 Å². The minimum absolute atomic E-state index is 0.112. The van der Waals surface area contributed by atoms with Gasteiger partial charge in [-0.2, -0.15) is 0 Å². The monoisotopic (exact) mass is 370 g/mol. The van der Waals surface area contributed by atoms with E-state index in [1.807, 2.05) is 31.2 Å². The van der Waals surface area contributed by atoms with Crippen LogP contribution in [0.1, 0.15) is 29.8 Å². The van der Waals surface area contributed by atoms with Crippen LogP contribution in [0.2, 0.25) is 0 Å². The van der Waals surface area contributed by atoms with Gasteiger partial charge in [0.05, 0.1) is 16.7 Å². The third-order valence-corrected chi connectivity index (χ3v) is 4.88. The normalized spacial score (nSPS) is 11.5. The molecule has 2 aromatic rings. The van der Waals surface area contributed by atoms with E-state index in [0.717, 1.165) is 11.3 Å². The Kier molecular flexibility index (Phi) is 6.97. The molecule has 0 aliphatic rings. The maximum atomic E-state index is 12.3. The third-order valence-electron chi connectivity index (χ3n) is 3.73. The highest BCUT2D eigenvalue weighted by Crippen LogP contribution is 2.19. The third kappa shape index (κ3) is 5.74. The molecule has 1 unspecified atom stereocenters. The Morgan fingerprint density at radius 2 is 1.65 bits per heavy atom. The summed E-state index contributed by atoms with van der Waals surface area (Å²) >= 11 is 1.24. The van der Waals surface area contributed by atoms with Gasteiger partial charge in [-0.05, 0) is 45.0 Å². The number of carbonyl (C=O) groups excluding carboxylic acids is 3. The van der Waals surface area contributed by atoms with Crippen molar-refractivity contribution in [1.82, 2.24) is 0 Å². The number of aryl methyl sites for hydroxylation is 1. The second-order valence-corrected chi connectivity index (χ2v) is 7.29. The Hall–Kier alpha value is -2.60. The fourth-order valence-corrected chi connectivity index (χ4v) is 2.93. The van der Waals surface area contributed by atoms with Crippen LogP contribution in [-0.4, -0.2) is 28.6 Å². The number of rotatable bonds is 7. The van der Waals surface area contributed by atoms with E-state index in [9.17, 15) is 14.4 Å². The van der Waals surface area contributed by atoms with Gasteiger partial charge in [-0.15, -0.1) is 11.8 Å². The Labute approximate surface area is 157 Å². The molecular weight excluding hydrogens is 348 g/mol. The molecule has 2 amide bonds. The van der Waals surface area contributed by atoms with Gasteiger partial charge in [0.15, 0.2) is 5.78 Å². The van der Waals surface area contributed by atoms with Crippen LogP contribution < -0.4 is 10.6 Å². The van der Waals surface area contributed by atoms with Crippen LogP contribution in [0, 0.1) is 6.92 Å². The Morgan fingerprint density at radius 3 is 2.31 bits per heavy atom. The van der Waals surface area contributed by atoms with E-state index in [1.54, 1.807) is 31.2 Å². The maximum absolute atomic E-state index is 12.3. The highest BCUT2D eigenvalue weighted by atomic mass is 32.2. The summed E-state index contributed by atoms with van der Waals surface area (Å²) in [5, 5.41) is 5.13. The number of nitrogens with one attached hydrogen (secondary N) is 2. The van der Waals surface area contributed by atoms with E-state index in [1.165, 1.54) is 18.7 Å². The number of ketones is 1. The molecule has 2 rings (SSSR count). The Balaban J connectivity index is 1.86. The first-order valence-electron chi connectivity index (χ1n) is 8.26. The van der Waals surface area contributed by atoms with Crippen molar-refractivity contribution >= 4 is 40.7 Å². The summed E-state index contributed by atoms with van der Waals surface area (Å²) in [5.74, 6) is -0.357. The molecule has 1 atom stereocenters. The zero-order valence-electron chi connectivity index (χ0n) is 15.0. The van der Waals surface area contributed by atoms with Crippen LogP contribution in [0.15, 0.2) is 48.5 Å². The minimum atomic E-state index is -0.432. The molecular formula is C20H22N2O3S. The molecule has 0 radical (unpaired) electrons. The molecule has 2 aromatic carbocycles. The lowest BCUT2D eigenvalue weighted by molar-refractivity contribution is -0.115. The van der Waals surface area contributed by atoms with E-state index in [0.29, 0.717) is 11.3 Å². The molecule has 0 aliphatic heterocycles. The zero-order chi connectivity index (χ0) is 19.1. The zero-order valence-corrected chi connectivity index (χ0v) is 15.9. The average Bonchev–Trinajstić information content (AvgIpc) is 2.61. The lowest BCUT2D eigenvalue weighted by Crippen LogP contribution is -2.25. The molecule has 2 N–H and O–H groups in total. The smallest absolute Gasteiger partial charge is 0.237 e. The van der Waals surface area contributed by atoms with Crippen molar-refractivity contribution in [3.8, 4) is 0 Å². The fourth-order valence-electron chi connectivity index (χ4n) is 2.24. The molecule has 0 bridgehead atoms. The minimum Gasteiger partial charge on any atom is -0.325 e. The molecule has 0 heterocycles. The van der Waals surface area contributed by atoms with Crippen molar-refractivity contribution in [2.75, 3.05) is 16.4 Å². The highest BCUT2D eigenvalue weighted by molar-refractivity contribution is 8.01. The van der Waals surface area contributed by atoms with Crippen LogP contribution in [0.4, 0.5) is 11.4 Å². The van der Waals surface area contributed by atoms with Gasteiger partial charge in [-0.25, -0.2) is 0 Å². The first-order chi connectivity index (χ1) is 12.4. The summed E-state index contributed by atoms with van der Waals surface area (Å²) < 4.78 is 0. The molecule has 0 spiro atoms. The summed E-state index contributed by atoms with van der Waals surface area (Å²) in [5.41, 5.74) is 2.80. The number of thioether (sulfide) groups is 1. The van der Waals surface area contributed by atoms with Crippen molar-refractivity contribution in [3.63, 3.8) is 0 Å². The van der Waals surface area contributed by atoms with Gasteiger partial charge >= 0.3 is 0 Å². The van der Waals surface area contributed by atoms with Crippen molar-refractivity contribution in [1.29, 1.82) is 0 Å². The summed E-state index contributed by atoms with van der Waals surface area (Å²) in [4.78, 5) is 36.0. The van der Waals surface area contributed by atoms with E-state index in [-0.39, 0.29) is 23.4 Å². The van der Waals surface area contributed by atoms with Gasteiger partial charge in [-0.1, -0.05) is 29.8 Å². The van der Waals surface area contributed by atoms with Crippen LogP contribution in [0.25, 0.3) is 0 Å². The number of hydrogen-bond acceptors (Lipinski definition) is 4. The van der Waals surface area contributed by atoms with Gasteiger partial charge in [0.1, 0.15) is 0 Å². The largest absolute Gasteiger partial charge is 0.325 e. The number of benzene rings is 2. The van der Waals surface area contributed by atoms with Crippen LogP contribution in [-0.2, 0) is 9.59 Å². The summed E-state index contributed by atoms with van der Waals surface area (Å²) in [6, 6.07) is 14.4. The number of amides is 2. The molecule has 6 heteroatoms. The predicted octanol–water partition coefficient (Wildman–Crippen LogP) is 3.90. The molecule has 26 heavy (non-hydrogen) atoms. The van der Waals surface area contributed by atoms with E-state index in [2.05, 4.69) is 10.6 Å². The highest BCUT2D eigenvalue weighted by Gasteiger charge is 2.17. The summed E-state index contributed by atoms with van der Waals surface area (Å²) in [7, 11) is 0. The van der Waals surface area contributed by atoms with Gasteiger partial charge in [0.25, 0.3) is 0 Å².